The van der Waals surface area contributed by atoms with Crippen molar-refractivity contribution in [3.05, 3.63) is 12.3 Å². The Kier molecular flexibility index (Phi) is 4.63. The van der Waals surface area contributed by atoms with Crippen molar-refractivity contribution in [3.8, 4) is 0 Å². The third-order valence-corrected chi connectivity index (χ3v) is 3.45. The molecule has 1 saturated heterocycles. The van der Waals surface area contributed by atoms with E-state index < -0.39 is 5.60 Å². The van der Waals surface area contributed by atoms with E-state index in [0.717, 1.165) is 18.7 Å². The van der Waals surface area contributed by atoms with Crippen molar-refractivity contribution < 1.29 is 9.53 Å². The number of carbonyl (C=O) groups excluding carboxylic acids is 1. The van der Waals surface area contributed by atoms with Crippen LogP contribution in [0.2, 0.25) is 0 Å². The van der Waals surface area contributed by atoms with Crippen LogP contribution in [-0.2, 0) is 4.74 Å². The van der Waals surface area contributed by atoms with Gasteiger partial charge in [0.2, 0.25) is 0 Å². The number of rotatable bonds is 3. The number of aromatic nitrogens is 1. The van der Waals surface area contributed by atoms with Gasteiger partial charge in [0.25, 0.3) is 0 Å². The van der Waals surface area contributed by atoms with Crippen molar-refractivity contribution in [2.75, 3.05) is 36.1 Å². The topological polar surface area (TPSA) is 92.5 Å². The van der Waals surface area contributed by atoms with Gasteiger partial charge in [-0.15, -0.1) is 0 Å². The van der Waals surface area contributed by atoms with E-state index in [0.29, 0.717) is 18.1 Å². The molecule has 0 bridgehead atoms. The molecule has 7 nitrogen and oxygen atoms in total. The van der Waals surface area contributed by atoms with Gasteiger partial charge in [0.15, 0.2) is 5.82 Å². The summed E-state index contributed by atoms with van der Waals surface area (Å²) in [6.07, 6.45) is 2.21. The third kappa shape index (κ3) is 3.93. The molecule has 7 heteroatoms. The number of hydrogen-bond donors (Lipinski definition) is 3. The maximum atomic E-state index is 11.8. The molecule has 1 aliphatic rings. The van der Waals surface area contributed by atoms with E-state index in [-0.39, 0.29) is 12.1 Å². The van der Waals surface area contributed by atoms with E-state index in [4.69, 9.17) is 10.5 Å². The van der Waals surface area contributed by atoms with Crippen LogP contribution in [-0.4, -0.2) is 42.9 Å². The average Bonchev–Trinajstić information content (AvgIpc) is 2.85. The number of nitrogens with zero attached hydrogens (tertiary/aromatic N) is 2. The molecule has 0 spiro atoms. The number of nitrogens with two attached hydrogens (primary N) is 1. The molecule has 2 rings (SSSR count). The van der Waals surface area contributed by atoms with Gasteiger partial charge in [0.1, 0.15) is 5.60 Å². The largest absolute Gasteiger partial charge is 0.444 e. The highest BCUT2D eigenvalue weighted by atomic mass is 16.6. The first-order valence-corrected chi connectivity index (χ1v) is 7.47. The van der Waals surface area contributed by atoms with E-state index in [1.807, 2.05) is 26.8 Å². The summed E-state index contributed by atoms with van der Waals surface area (Å²) in [6.45, 7) is 7.09. The molecule has 1 amide bonds. The summed E-state index contributed by atoms with van der Waals surface area (Å²) in [7, 11) is 1.79. The van der Waals surface area contributed by atoms with Crippen molar-refractivity contribution in [2.45, 2.75) is 38.8 Å². The number of amides is 1. The third-order valence-electron chi connectivity index (χ3n) is 3.45. The van der Waals surface area contributed by atoms with Crippen LogP contribution in [0.4, 0.5) is 22.0 Å². The summed E-state index contributed by atoms with van der Waals surface area (Å²) in [5.41, 5.74) is 7.20. The Morgan fingerprint density at radius 2 is 2.23 bits per heavy atom. The fourth-order valence-electron chi connectivity index (χ4n) is 2.51. The van der Waals surface area contributed by atoms with Crippen LogP contribution in [0.3, 0.4) is 0 Å². The Labute approximate surface area is 131 Å². The number of hydrogen-bond acceptors (Lipinski definition) is 6. The van der Waals surface area contributed by atoms with Crippen LogP contribution in [0.1, 0.15) is 27.2 Å². The van der Waals surface area contributed by atoms with Gasteiger partial charge in [-0.1, -0.05) is 0 Å². The molecule has 1 fully saturated rings. The van der Waals surface area contributed by atoms with Gasteiger partial charge in [-0.25, -0.2) is 9.78 Å². The number of pyridine rings is 1. The van der Waals surface area contributed by atoms with E-state index in [2.05, 4.69) is 20.5 Å². The highest BCUT2D eigenvalue weighted by molar-refractivity contribution is 5.78. The van der Waals surface area contributed by atoms with Crippen molar-refractivity contribution in [1.82, 2.24) is 10.3 Å². The molecule has 2 heterocycles. The van der Waals surface area contributed by atoms with Crippen molar-refractivity contribution >= 4 is 23.3 Å². The lowest BCUT2D eigenvalue weighted by molar-refractivity contribution is 0.0509. The van der Waals surface area contributed by atoms with Gasteiger partial charge in [0.05, 0.1) is 17.4 Å². The summed E-state index contributed by atoms with van der Waals surface area (Å²) in [4.78, 5) is 18.2. The quantitative estimate of drug-likeness (QED) is 0.788. The van der Waals surface area contributed by atoms with Crippen molar-refractivity contribution in [2.24, 2.45) is 0 Å². The first-order chi connectivity index (χ1) is 10.3. The molecule has 0 saturated carbocycles. The lowest BCUT2D eigenvalue weighted by atomic mass is 10.2. The van der Waals surface area contributed by atoms with Crippen molar-refractivity contribution in [3.63, 3.8) is 0 Å². The average molecular weight is 307 g/mol. The first-order valence-electron chi connectivity index (χ1n) is 7.47. The molecule has 22 heavy (non-hydrogen) atoms. The Morgan fingerprint density at radius 1 is 1.50 bits per heavy atom. The zero-order valence-corrected chi connectivity index (χ0v) is 13.6. The molecule has 4 N–H and O–H groups in total. The van der Waals surface area contributed by atoms with Crippen LogP contribution >= 0.6 is 0 Å². The van der Waals surface area contributed by atoms with E-state index in [1.165, 1.54) is 0 Å². The van der Waals surface area contributed by atoms with Gasteiger partial charge in [-0.2, -0.15) is 0 Å². The molecule has 0 unspecified atom stereocenters. The Bertz CT molecular complexity index is 541. The molecule has 122 valence electrons. The predicted molar refractivity (Wildman–Crippen MR) is 88.2 cm³/mol. The van der Waals surface area contributed by atoms with Gasteiger partial charge in [-0.05, 0) is 33.3 Å². The highest BCUT2D eigenvalue weighted by Crippen LogP contribution is 2.30. The second kappa shape index (κ2) is 6.29. The maximum absolute atomic E-state index is 11.8. The number of nitrogen functional groups attached to an aromatic ring is 1. The van der Waals surface area contributed by atoms with Crippen LogP contribution in [0.25, 0.3) is 0 Å². The number of anilines is 3. The van der Waals surface area contributed by atoms with E-state index in [1.54, 1.807) is 13.2 Å². The van der Waals surface area contributed by atoms with Gasteiger partial charge in [0, 0.05) is 26.3 Å². The monoisotopic (exact) mass is 307 g/mol. The standard InChI is InChI=1S/C15H25N5O2/c1-15(2,3)22-14(21)19-10-6-8-20(9-10)11-5-7-18-13(17-4)12(11)16/h5,7,10H,6,8-9,16H2,1-4H3,(H,17,18)(H,19,21)/t10-/m1/s1. The minimum Gasteiger partial charge on any atom is -0.444 e. The van der Waals surface area contributed by atoms with Crippen LogP contribution in [0.5, 0.6) is 0 Å². The fourth-order valence-corrected chi connectivity index (χ4v) is 2.51. The van der Waals surface area contributed by atoms with Gasteiger partial charge >= 0.3 is 6.09 Å². The molecule has 1 aromatic heterocycles. The van der Waals surface area contributed by atoms with Crippen LogP contribution < -0.4 is 21.3 Å². The summed E-state index contributed by atoms with van der Waals surface area (Å²) in [5.74, 6) is 0.668. The van der Waals surface area contributed by atoms with Crippen molar-refractivity contribution in [1.29, 1.82) is 0 Å². The lowest BCUT2D eigenvalue weighted by Gasteiger charge is -2.23. The second-order valence-electron chi connectivity index (χ2n) is 6.42. The molecule has 1 atom stereocenters. The highest BCUT2D eigenvalue weighted by Gasteiger charge is 2.27. The molecule has 0 aliphatic carbocycles. The number of carbonyl (C=O) groups is 1. The van der Waals surface area contributed by atoms with Crippen LogP contribution in [0, 0.1) is 0 Å². The summed E-state index contributed by atoms with van der Waals surface area (Å²) in [5, 5.41) is 5.88. The van der Waals surface area contributed by atoms with Crippen LogP contribution in [0.15, 0.2) is 12.3 Å². The maximum Gasteiger partial charge on any atom is 0.407 e. The first kappa shape index (κ1) is 16.2. The minimum absolute atomic E-state index is 0.0560. The van der Waals surface area contributed by atoms with Gasteiger partial charge in [-0.3, -0.25) is 0 Å². The fraction of sp³-hybridized carbons (Fsp3) is 0.600. The Hall–Kier alpha value is -2.18. The smallest absolute Gasteiger partial charge is 0.407 e. The second-order valence-corrected chi connectivity index (χ2v) is 6.42. The molecular weight excluding hydrogens is 282 g/mol. The Balaban J connectivity index is 1.97. The minimum atomic E-state index is -0.487. The SMILES string of the molecule is CNc1nccc(N2CC[C@@H](NC(=O)OC(C)(C)C)C2)c1N. The zero-order chi connectivity index (χ0) is 16.3. The predicted octanol–water partition coefficient (Wildman–Crippen LogP) is 1.81. The summed E-state index contributed by atoms with van der Waals surface area (Å²) >= 11 is 0. The lowest BCUT2D eigenvalue weighted by Crippen LogP contribution is -2.40. The molecule has 1 aliphatic heterocycles. The number of nitrogens with one attached hydrogen (secondary N) is 2. The molecular formula is C15H25N5O2. The molecule has 1 aromatic rings. The number of ether oxygens (including phenoxy) is 1. The normalized spacial score (nSPS) is 18.2. The zero-order valence-electron chi connectivity index (χ0n) is 13.6. The molecule has 0 aromatic carbocycles. The summed E-state index contributed by atoms with van der Waals surface area (Å²) < 4.78 is 5.29. The van der Waals surface area contributed by atoms with E-state index >= 15 is 0 Å². The molecule has 0 radical (unpaired) electrons. The van der Waals surface area contributed by atoms with E-state index in [9.17, 15) is 4.79 Å². The van der Waals surface area contributed by atoms with Gasteiger partial charge < -0.3 is 26.0 Å². The Morgan fingerprint density at radius 3 is 2.86 bits per heavy atom. The number of alkyl carbamates (subject to hydrolysis) is 1. The summed E-state index contributed by atoms with van der Waals surface area (Å²) in [6, 6.07) is 1.95.